The van der Waals surface area contributed by atoms with E-state index in [0.717, 1.165) is 25.3 Å². The number of anilines is 1. The molecule has 0 unspecified atom stereocenters. The first-order valence-electron chi connectivity index (χ1n) is 5.23. The molecule has 0 spiro atoms. The third kappa shape index (κ3) is 3.08. The zero-order valence-corrected chi connectivity index (χ0v) is 10.2. The van der Waals surface area contributed by atoms with Gasteiger partial charge < -0.3 is 5.73 Å². The maximum Gasteiger partial charge on any atom is 0.0719 e. The first kappa shape index (κ1) is 11.2. The molecule has 0 amide bonds. The lowest BCUT2D eigenvalue weighted by Gasteiger charge is -2.15. The SMILES string of the molecule is CN(CCn1cc(N)cn1)Cc1cccs1. The van der Waals surface area contributed by atoms with E-state index in [-0.39, 0.29) is 0 Å². The second-order valence-electron chi connectivity index (χ2n) is 3.85. The summed E-state index contributed by atoms with van der Waals surface area (Å²) in [5, 5.41) is 6.26. The van der Waals surface area contributed by atoms with Gasteiger partial charge in [0, 0.05) is 24.2 Å². The monoisotopic (exact) mass is 236 g/mol. The van der Waals surface area contributed by atoms with Gasteiger partial charge in [-0.05, 0) is 18.5 Å². The summed E-state index contributed by atoms with van der Waals surface area (Å²) in [5.74, 6) is 0. The largest absolute Gasteiger partial charge is 0.396 e. The van der Waals surface area contributed by atoms with Crippen LogP contribution >= 0.6 is 11.3 Å². The number of thiophene rings is 1. The first-order valence-corrected chi connectivity index (χ1v) is 6.11. The Hall–Kier alpha value is -1.33. The van der Waals surface area contributed by atoms with Gasteiger partial charge in [-0.1, -0.05) is 6.07 Å². The van der Waals surface area contributed by atoms with Crippen LogP contribution in [0.15, 0.2) is 29.9 Å². The molecule has 16 heavy (non-hydrogen) atoms. The van der Waals surface area contributed by atoms with Gasteiger partial charge in [-0.2, -0.15) is 5.10 Å². The molecule has 2 aromatic rings. The summed E-state index contributed by atoms with van der Waals surface area (Å²) < 4.78 is 1.88. The van der Waals surface area contributed by atoms with Crippen LogP contribution in [0.4, 0.5) is 5.69 Å². The van der Waals surface area contributed by atoms with Crippen LogP contribution in [0.2, 0.25) is 0 Å². The van der Waals surface area contributed by atoms with Crippen molar-refractivity contribution < 1.29 is 0 Å². The predicted octanol–water partition coefficient (Wildman–Crippen LogP) is 1.66. The van der Waals surface area contributed by atoms with Gasteiger partial charge in [0.1, 0.15) is 0 Å². The van der Waals surface area contributed by atoms with E-state index in [1.807, 2.05) is 10.9 Å². The number of rotatable bonds is 5. The summed E-state index contributed by atoms with van der Waals surface area (Å²) in [6.07, 6.45) is 3.54. The minimum Gasteiger partial charge on any atom is -0.396 e. The zero-order valence-electron chi connectivity index (χ0n) is 9.34. The van der Waals surface area contributed by atoms with E-state index in [0.29, 0.717) is 0 Å². The summed E-state index contributed by atoms with van der Waals surface area (Å²) in [4.78, 5) is 3.67. The fourth-order valence-electron chi connectivity index (χ4n) is 1.52. The van der Waals surface area contributed by atoms with Crippen molar-refractivity contribution in [1.82, 2.24) is 14.7 Å². The molecule has 0 saturated heterocycles. The van der Waals surface area contributed by atoms with Crippen molar-refractivity contribution in [2.45, 2.75) is 13.1 Å². The lowest BCUT2D eigenvalue weighted by molar-refractivity contribution is 0.308. The summed E-state index contributed by atoms with van der Waals surface area (Å²) in [6.45, 7) is 2.84. The maximum atomic E-state index is 5.60. The van der Waals surface area contributed by atoms with Crippen molar-refractivity contribution in [3.8, 4) is 0 Å². The van der Waals surface area contributed by atoms with Crippen molar-refractivity contribution in [2.24, 2.45) is 0 Å². The van der Waals surface area contributed by atoms with Crippen LogP contribution in [-0.2, 0) is 13.1 Å². The normalized spacial score (nSPS) is 11.1. The van der Waals surface area contributed by atoms with Crippen LogP contribution in [0.3, 0.4) is 0 Å². The van der Waals surface area contributed by atoms with Gasteiger partial charge in [-0.3, -0.25) is 9.58 Å². The highest BCUT2D eigenvalue weighted by Crippen LogP contribution is 2.10. The van der Waals surface area contributed by atoms with E-state index >= 15 is 0 Å². The second-order valence-corrected chi connectivity index (χ2v) is 4.89. The molecule has 2 rings (SSSR count). The van der Waals surface area contributed by atoms with Gasteiger partial charge in [0.15, 0.2) is 0 Å². The van der Waals surface area contributed by atoms with Gasteiger partial charge >= 0.3 is 0 Å². The molecule has 2 heterocycles. The molecule has 0 aliphatic rings. The highest BCUT2D eigenvalue weighted by molar-refractivity contribution is 7.09. The van der Waals surface area contributed by atoms with Crippen LogP contribution in [0.25, 0.3) is 0 Å². The number of likely N-dealkylation sites (N-methyl/N-ethyl adjacent to an activating group) is 1. The Morgan fingerprint density at radius 2 is 2.44 bits per heavy atom. The molecule has 2 aromatic heterocycles. The first-order chi connectivity index (χ1) is 7.74. The summed E-state index contributed by atoms with van der Waals surface area (Å²) in [5.41, 5.74) is 6.32. The lowest BCUT2D eigenvalue weighted by atomic mass is 10.4. The van der Waals surface area contributed by atoms with Gasteiger partial charge in [0.2, 0.25) is 0 Å². The van der Waals surface area contributed by atoms with E-state index in [2.05, 4.69) is 34.6 Å². The molecular formula is C11H16N4S. The van der Waals surface area contributed by atoms with Crippen LogP contribution in [0.5, 0.6) is 0 Å². The molecule has 86 valence electrons. The average molecular weight is 236 g/mol. The van der Waals surface area contributed by atoms with Crippen molar-refractivity contribution in [1.29, 1.82) is 0 Å². The lowest BCUT2D eigenvalue weighted by Crippen LogP contribution is -2.22. The average Bonchev–Trinajstić information content (AvgIpc) is 2.87. The van der Waals surface area contributed by atoms with E-state index in [4.69, 9.17) is 5.73 Å². The summed E-state index contributed by atoms with van der Waals surface area (Å²) in [6, 6.07) is 4.25. The highest BCUT2D eigenvalue weighted by Gasteiger charge is 2.02. The third-order valence-electron chi connectivity index (χ3n) is 2.37. The van der Waals surface area contributed by atoms with Gasteiger partial charge in [0.25, 0.3) is 0 Å². The summed E-state index contributed by atoms with van der Waals surface area (Å²) >= 11 is 1.79. The molecule has 5 heteroatoms. The van der Waals surface area contributed by atoms with Crippen LogP contribution in [0.1, 0.15) is 4.88 Å². The van der Waals surface area contributed by atoms with E-state index in [1.165, 1.54) is 4.88 Å². The Labute approximate surface area is 99.3 Å². The molecule has 4 nitrogen and oxygen atoms in total. The van der Waals surface area contributed by atoms with Crippen molar-refractivity contribution in [3.05, 3.63) is 34.8 Å². The Bertz CT molecular complexity index is 421. The fourth-order valence-corrected chi connectivity index (χ4v) is 2.31. The minimum atomic E-state index is 0.723. The highest BCUT2D eigenvalue weighted by atomic mass is 32.1. The number of nitrogen functional groups attached to an aromatic ring is 1. The molecule has 0 atom stereocenters. The molecule has 0 aliphatic heterocycles. The Balaban J connectivity index is 1.77. The predicted molar refractivity (Wildman–Crippen MR) is 67.3 cm³/mol. The maximum absolute atomic E-state index is 5.60. The van der Waals surface area contributed by atoms with E-state index in [9.17, 15) is 0 Å². The molecule has 0 radical (unpaired) electrons. The number of nitrogens with two attached hydrogens (primary N) is 1. The van der Waals surface area contributed by atoms with E-state index < -0.39 is 0 Å². The van der Waals surface area contributed by atoms with Crippen molar-refractivity contribution in [3.63, 3.8) is 0 Å². The Morgan fingerprint density at radius 3 is 3.06 bits per heavy atom. The molecule has 0 aromatic carbocycles. The van der Waals surface area contributed by atoms with Crippen LogP contribution in [0, 0.1) is 0 Å². The zero-order chi connectivity index (χ0) is 11.4. The van der Waals surface area contributed by atoms with Gasteiger partial charge in [-0.25, -0.2) is 0 Å². The number of hydrogen-bond acceptors (Lipinski definition) is 4. The fraction of sp³-hybridized carbons (Fsp3) is 0.364. The molecule has 2 N–H and O–H groups in total. The third-order valence-corrected chi connectivity index (χ3v) is 3.23. The second kappa shape index (κ2) is 5.14. The van der Waals surface area contributed by atoms with E-state index in [1.54, 1.807) is 17.5 Å². The van der Waals surface area contributed by atoms with Crippen molar-refractivity contribution in [2.75, 3.05) is 19.3 Å². The van der Waals surface area contributed by atoms with Crippen LogP contribution < -0.4 is 5.73 Å². The molecule has 0 fully saturated rings. The van der Waals surface area contributed by atoms with Gasteiger partial charge in [-0.15, -0.1) is 11.3 Å². The molecule has 0 aliphatic carbocycles. The number of hydrogen-bond donors (Lipinski definition) is 1. The topological polar surface area (TPSA) is 47.1 Å². The summed E-state index contributed by atoms with van der Waals surface area (Å²) in [7, 11) is 2.12. The number of nitrogens with zero attached hydrogens (tertiary/aromatic N) is 3. The smallest absolute Gasteiger partial charge is 0.0719 e. The molecule has 0 bridgehead atoms. The van der Waals surface area contributed by atoms with Crippen molar-refractivity contribution >= 4 is 17.0 Å². The van der Waals surface area contributed by atoms with Gasteiger partial charge in [0.05, 0.1) is 18.4 Å². The van der Waals surface area contributed by atoms with Crippen LogP contribution in [-0.4, -0.2) is 28.3 Å². The quantitative estimate of drug-likeness (QED) is 0.859. The Morgan fingerprint density at radius 1 is 1.56 bits per heavy atom. The number of aromatic nitrogens is 2. The molecular weight excluding hydrogens is 220 g/mol. The molecule has 0 saturated carbocycles. The minimum absolute atomic E-state index is 0.723. The Kier molecular flexibility index (Phi) is 3.58. The standard InChI is InChI=1S/C11H16N4S/c1-14(9-11-3-2-6-16-11)4-5-15-8-10(12)7-13-15/h2-3,6-8H,4-5,9,12H2,1H3.